The van der Waals surface area contributed by atoms with Gasteiger partial charge in [0.25, 0.3) is 0 Å². The quantitative estimate of drug-likeness (QED) is 0.755. The van der Waals surface area contributed by atoms with Crippen molar-refractivity contribution in [1.82, 2.24) is 0 Å². The Bertz CT molecular complexity index is 611. The number of hydrogen-bond donors (Lipinski definition) is 0. The van der Waals surface area contributed by atoms with Gasteiger partial charge >= 0.3 is 0 Å². The van der Waals surface area contributed by atoms with Gasteiger partial charge in [-0.25, -0.2) is 0 Å². The van der Waals surface area contributed by atoms with Crippen molar-refractivity contribution in [3.05, 3.63) is 47.5 Å². The van der Waals surface area contributed by atoms with Crippen LogP contribution in [-0.2, 0) is 13.1 Å². The van der Waals surface area contributed by atoms with Crippen LogP contribution >= 0.6 is 0 Å². The highest BCUT2D eigenvalue weighted by atomic mass is 15.3. The van der Waals surface area contributed by atoms with Gasteiger partial charge in [0.2, 0.25) is 0 Å². The fraction of sp³-hybridized carbons (Fsp3) is 0.474. The van der Waals surface area contributed by atoms with Crippen LogP contribution in [0.25, 0.3) is 10.8 Å². The first kappa shape index (κ1) is 14.6. The molecule has 1 aliphatic heterocycles. The highest BCUT2D eigenvalue weighted by Crippen LogP contribution is 2.33. The van der Waals surface area contributed by atoms with Crippen LogP contribution in [-0.4, -0.2) is 50.2 Å². The van der Waals surface area contributed by atoms with Crippen molar-refractivity contribution in [2.75, 3.05) is 41.3 Å². The van der Waals surface area contributed by atoms with E-state index >= 15 is 0 Å². The molecule has 0 N–H and O–H groups in total. The number of benzene rings is 2. The Morgan fingerprint density at radius 3 is 2.05 bits per heavy atom. The minimum Gasteiger partial charge on any atom is -0.331 e. The lowest BCUT2D eigenvalue weighted by molar-refractivity contribution is -0.941. The molecule has 0 bridgehead atoms. The van der Waals surface area contributed by atoms with Crippen LogP contribution < -0.4 is 0 Å². The van der Waals surface area contributed by atoms with Gasteiger partial charge in [-0.1, -0.05) is 36.4 Å². The fourth-order valence-electron chi connectivity index (χ4n) is 3.73. The third kappa shape index (κ3) is 3.12. The molecule has 21 heavy (non-hydrogen) atoms. The molecule has 1 aliphatic rings. The van der Waals surface area contributed by atoms with Gasteiger partial charge in [0.1, 0.15) is 13.1 Å². The summed E-state index contributed by atoms with van der Waals surface area (Å²) in [6.07, 6.45) is 1.29. The van der Waals surface area contributed by atoms with Crippen LogP contribution in [0.1, 0.15) is 17.5 Å². The van der Waals surface area contributed by atoms with Crippen molar-refractivity contribution >= 4 is 10.8 Å². The molecular formula is C19H28N2+2. The highest BCUT2D eigenvalue weighted by Gasteiger charge is 2.29. The third-order valence-electron chi connectivity index (χ3n) is 4.71. The summed E-state index contributed by atoms with van der Waals surface area (Å²) in [6.45, 7) is 4.86. The second-order valence-electron chi connectivity index (χ2n) is 7.96. The molecule has 0 unspecified atom stereocenters. The molecule has 0 spiro atoms. The molecule has 112 valence electrons. The predicted molar refractivity (Wildman–Crippen MR) is 89.9 cm³/mol. The molecule has 0 saturated heterocycles. The molecular weight excluding hydrogens is 256 g/mol. The second-order valence-corrected chi connectivity index (χ2v) is 7.96. The molecule has 0 atom stereocenters. The predicted octanol–water partition coefficient (Wildman–Crippen LogP) is 3.40. The Labute approximate surface area is 128 Å². The summed E-state index contributed by atoms with van der Waals surface area (Å²) in [7, 11) is 9.27. The number of hydrogen-bond acceptors (Lipinski definition) is 0. The van der Waals surface area contributed by atoms with Gasteiger partial charge in [-0.05, 0) is 10.8 Å². The summed E-state index contributed by atoms with van der Waals surface area (Å²) < 4.78 is 2.21. The Kier molecular flexibility index (Phi) is 3.54. The molecule has 2 aromatic carbocycles. The zero-order valence-corrected chi connectivity index (χ0v) is 13.9. The van der Waals surface area contributed by atoms with Gasteiger partial charge in [-0.15, -0.1) is 0 Å². The van der Waals surface area contributed by atoms with Crippen molar-refractivity contribution in [2.45, 2.75) is 19.5 Å². The van der Waals surface area contributed by atoms with Crippen molar-refractivity contribution < 1.29 is 8.97 Å². The van der Waals surface area contributed by atoms with E-state index in [9.17, 15) is 0 Å². The smallest absolute Gasteiger partial charge is 0.105 e. The van der Waals surface area contributed by atoms with Gasteiger partial charge in [0, 0.05) is 17.5 Å². The summed E-state index contributed by atoms with van der Waals surface area (Å²) in [5, 5.41) is 2.92. The zero-order valence-electron chi connectivity index (χ0n) is 13.9. The lowest BCUT2D eigenvalue weighted by atomic mass is 9.94. The fourth-order valence-corrected chi connectivity index (χ4v) is 3.73. The number of nitrogens with zero attached hydrogens (tertiary/aromatic N) is 2. The molecule has 2 nitrogen and oxygen atoms in total. The van der Waals surface area contributed by atoms with Gasteiger partial charge in [0.15, 0.2) is 0 Å². The molecule has 0 amide bonds. The van der Waals surface area contributed by atoms with Gasteiger partial charge in [-0.2, -0.15) is 0 Å². The van der Waals surface area contributed by atoms with Crippen LogP contribution in [0.4, 0.5) is 0 Å². The summed E-state index contributed by atoms with van der Waals surface area (Å²) in [5.74, 6) is 0. The standard InChI is InChI=1S/C19H28N2/c1-20(2,3)12-7-13-21(4)14-17-10-5-8-16-9-6-11-18(15-21)19(16)17/h5-6,8-11H,7,12-15H2,1-4H3/q+2. The molecule has 2 aromatic rings. The van der Waals surface area contributed by atoms with E-state index < -0.39 is 0 Å². The number of rotatable bonds is 4. The van der Waals surface area contributed by atoms with Crippen LogP contribution in [0.15, 0.2) is 36.4 Å². The first-order valence-corrected chi connectivity index (χ1v) is 8.00. The van der Waals surface area contributed by atoms with Gasteiger partial charge in [-0.3, -0.25) is 0 Å². The van der Waals surface area contributed by atoms with Crippen molar-refractivity contribution in [2.24, 2.45) is 0 Å². The molecule has 0 aromatic heterocycles. The lowest BCUT2D eigenvalue weighted by Crippen LogP contribution is -2.47. The third-order valence-corrected chi connectivity index (χ3v) is 4.71. The summed E-state index contributed by atoms with van der Waals surface area (Å²) in [6, 6.07) is 13.6. The van der Waals surface area contributed by atoms with Crippen molar-refractivity contribution in [3.63, 3.8) is 0 Å². The number of quaternary nitrogens is 2. The van der Waals surface area contributed by atoms with Crippen LogP contribution in [0, 0.1) is 0 Å². The Morgan fingerprint density at radius 2 is 1.52 bits per heavy atom. The molecule has 1 heterocycles. The first-order chi connectivity index (χ1) is 9.86. The lowest BCUT2D eigenvalue weighted by Gasteiger charge is -2.39. The van der Waals surface area contributed by atoms with Crippen molar-refractivity contribution in [3.8, 4) is 0 Å². The van der Waals surface area contributed by atoms with E-state index in [1.807, 2.05) is 0 Å². The van der Waals surface area contributed by atoms with E-state index in [1.165, 1.54) is 54.5 Å². The molecule has 0 saturated carbocycles. The average Bonchev–Trinajstić information content (AvgIpc) is 2.37. The maximum atomic E-state index is 2.42. The van der Waals surface area contributed by atoms with E-state index in [0.29, 0.717) is 0 Å². The largest absolute Gasteiger partial charge is 0.331 e. The van der Waals surface area contributed by atoms with E-state index in [4.69, 9.17) is 0 Å². The van der Waals surface area contributed by atoms with E-state index in [-0.39, 0.29) is 0 Å². The summed E-state index contributed by atoms with van der Waals surface area (Å²) >= 11 is 0. The molecule has 0 radical (unpaired) electrons. The molecule has 2 heteroatoms. The van der Waals surface area contributed by atoms with Crippen LogP contribution in [0.2, 0.25) is 0 Å². The van der Waals surface area contributed by atoms with E-state index in [1.54, 1.807) is 0 Å². The molecule has 0 fully saturated rings. The van der Waals surface area contributed by atoms with Crippen LogP contribution in [0.3, 0.4) is 0 Å². The highest BCUT2D eigenvalue weighted by molar-refractivity contribution is 5.89. The maximum Gasteiger partial charge on any atom is 0.105 e. The zero-order chi connectivity index (χ0) is 15.1. The topological polar surface area (TPSA) is 0 Å². The van der Waals surface area contributed by atoms with Crippen LogP contribution in [0.5, 0.6) is 0 Å². The van der Waals surface area contributed by atoms with E-state index in [0.717, 1.165) is 8.97 Å². The van der Waals surface area contributed by atoms with E-state index in [2.05, 4.69) is 64.6 Å². The monoisotopic (exact) mass is 284 g/mol. The minimum atomic E-state index is 1.06. The van der Waals surface area contributed by atoms with Gasteiger partial charge in [0.05, 0.1) is 41.3 Å². The summed E-state index contributed by atoms with van der Waals surface area (Å²) in [5.41, 5.74) is 3.06. The maximum absolute atomic E-state index is 2.42. The minimum absolute atomic E-state index is 1.06. The Balaban J connectivity index is 1.83. The SMILES string of the molecule is C[N+](C)(C)CCC[N+]1(C)Cc2cccc3cccc(c23)C1. The first-order valence-electron chi connectivity index (χ1n) is 8.00. The Morgan fingerprint density at radius 1 is 0.952 bits per heavy atom. The normalized spacial score (nSPS) is 17.1. The summed E-state index contributed by atoms with van der Waals surface area (Å²) in [4.78, 5) is 0. The molecule has 3 rings (SSSR count). The average molecular weight is 284 g/mol. The van der Waals surface area contributed by atoms with Crippen molar-refractivity contribution in [1.29, 1.82) is 0 Å². The second kappa shape index (κ2) is 5.11. The van der Waals surface area contributed by atoms with Gasteiger partial charge < -0.3 is 8.97 Å². The Hall–Kier alpha value is -1.38. The molecule has 0 aliphatic carbocycles.